The van der Waals surface area contributed by atoms with E-state index in [4.69, 9.17) is 0 Å². The fourth-order valence-electron chi connectivity index (χ4n) is 2.13. The monoisotopic (exact) mass is 307 g/mol. The van der Waals surface area contributed by atoms with Gasteiger partial charge in [-0.25, -0.2) is 4.39 Å². The lowest BCUT2D eigenvalue weighted by Crippen LogP contribution is -2.26. The molecule has 0 aromatic heterocycles. The lowest BCUT2D eigenvalue weighted by atomic mass is 10.0. The molecule has 94 valence electrons. The Morgan fingerprint density at radius 2 is 1.94 bits per heavy atom. The molecule has 0 amide bonds. The van der Waals surface area contributed by atoms with E-state index in [2.05, 4.69) is 22.5 Å². The molecule has 0 atom stereocenters. The normalized spacial score (nSPS) is 16.1. The Morgan fingerprint density at radius 3 is 2.56 bits per heavy atom. The number of rotatable bonds is 3. The summed E-state index contributed by atoms with van der Waals surface area (Å²) in [5.74, 6) is 0. The molecule has 1 aromatic carbocycles. The number of hydrogen-bond donors (Lipinski definition) is 0. The first kappa shape index (κ1) is 13.1. The topological polar surface area (TPSA) is 3.24 Å². The van der Waals surface area contributed by atoms with Crippen molar-refractivity contribution in [3.63, 3.8) is 0 Å². The fourth-order valence-corrected chi connectivity index (χ4v) is 2.69. The van der Waals surface area contributed by atoms with Crippen molar-refractivity contribution in [2.24, 2.45) is 0 Å². The second kappa shape index (κ2) is 5.53. The third kappa shape index (κ3) is 2.41. The Hall–Kier alpha value is -1.35. The molecule has 1 aliphatic heterocycles. The summed E-state index contributed by atoms with van der Waals surface area (Å²) in [6, 6.07) is 10.0. The molecule has 0 saturated heterocycles. The minimum atomic E-state index is -0.400. The van der Waals surface area contributed by atoms with E-state index in [-0.39, 0.29) is 0 Å². The Morgan fingerprint density at radius 1 is 1.28 bits per heavy atom. The molecular weight excluding hydrogens is 293 g/mol. The summed E-state index contributed by atoms with van der Waals surface area (Å²) in [6.45, 7) is 5.97. The minimum absolute atomic E-state index is 0.323. The maximum absolute atomic E-state index is 12.8. The average Bonchev–Trinajstić information content (AvgIpc) is 2.37. The van der Waals surface area contributed by atoms with Gasteiger partial charge >= 0.3 is 0 Å². The molecule has 1 aliphatic rings. The zero-order valence-corrected chi connectivity index (χ0v) is 11.9. The molecule has 0 spiro atoms. The predicted molar refractivity (Wildman–Crippen MR) is 77.9 cm³/mol. The highest BCUT2D eigenvalue weighted by Crippen LogP contribution is 2.36. The van der Waals surface area contributed by atoms with Crippen molar-refractivity contribution in [1.82, 2.24) is 4.90 Å². The highest BCUT2D eigenvalue weighted by Gasteiger charge is 2.22. The summed E-state index contributed by atoms with van der Waals surface area (Å²) in [5.41, 5.74) is 4.02. The number of nitrogens with zero attached hydrogens (tertiary/aromatic N) is 1. The highest BCUT2D eigenvalue weighted by atomic mass is 79.9. The van der Waals surface area contributed by atoms with Gasteiger partial charge in [0, 0.05) is 10.2 Å². The Balaban J connectivity index is 2.52. The SMILES string of the molecule is C=C1C(Br)=CC(C)=C(c2ccccc2)N1CCF. The first-order valence-electron chi connectivity index (χ1n) is 5.81. The molecule has 18 heavy (non-hydrogen) atoms. The third-order valence-corrected chi connectivity index (χ3v) is 3.63. The van der Waals surface area contributed by atoms with E-state index < -0.39 is 6.67 Å². The molecule has 2 rings (SSSR count). The van der Waals surface area contributed by atoms with Gasteiger partial charge in [0.2, 0.25) is 0 Å². The van der Waals surface area contributed by atoms with E-state index in [0.717, 1.165) is 27.0 Å². The van der Waals surface area contributed by atoms with E-state index in [1.54, 1.807) is 0 Å². The number of benzene rings is 1. The molecule has 0 saturated carbocycles. The van der Waals surface area contributed by atoms with Crippen LogP contribution in [0, 0.1) is 0 Å². The molecule has 0 aliphatic carbocycles. The third-order valence-electron chi connectivity index (χ3n) is 2.94. The van der Waals surface area contributed by atoms with Crippen molar-refractivity contribution in [2.75, 3.05) is 13.2 Å². The number of alkyl halides is 1. The van der Waals surface area contributed by atoms with Crippen LogP contribution in [0.1, 0.15) is 12.5 Å². The summed E-state index contributed by atoms with van der Waals surface area (Å²) in [4.78, 5) is 1.93. The van der Waals surface area contributed by atoms with E-state index in [9.17, 15) is 4.39 Å². The zero-order valence-electron chi connectivity index (χ0n) is 10.3. The van der Waals surface area contributed by atoms with E-state index in [1.807, 2.05) is 48.2 Å². The van der Waals surface area contributed by atoms with Crippen LogP contribution in [0.15, 0.2) is 58.7 Å². The van der Waals surface area contributed by atoms with Crippen molar-refractivity contribution in [3.8, 4) is 0 Å². The summed E-state index contributed by atoms with van der Waals surface area (Å²) in [7, 11) is 0. The van der Waals surface area contributed by atoms with Gasteiger partial charge in [-0.3, -0.25) is 0 Å². The van der Waals surface area contributed by atoms with Crippen LogP contribution in [0.25, 0.3) is 5.70 Å². The molecule has 3 heteroatoms. The molecule has 0 bridgehead atoms. The molecular formula is C15H15BrFN. The standard InChI is InChI=1S/C15H15BrFN/c1-11-10-14(16)12(2)18(9-8-17)15(11)13-6-4-3-5-7-13/h3-7,10H,2,8-9H2,1H3. The van der Waals surface area contributed by atoms with Crippen LogP contribution in [0.4, 0.5) is 4.39 Å². The molecule has 1 heterocycles. The van der Waals surface area contributed by atoms with Gasteiger partial charge in [0.05, 0.1) is 12.2 Å². The lowest BCUT2D eigenvalue weighted by Gasteiger charge is -2.33. The second-order valence-corrected chi connectivity index (χ2v) is 5.03. The van der Waals surface area contributed by atoms with Crippen LogP contribution < -0.4 is 0 Å². The molecule has 0 N–H and O–H groups in total. The van der Waals surface area contributed by atoms with E-state index in [1.165, 1.54) is 0 Å². The lowest BCUT2D eigenvalue weighted by molar-refractivity contribution is 0.393. The van der Waals surface area contributed by atoms with Gasteiger partial charge in [-0.05, 0) is 40.1 Å². The second-order valence-electron chi connectivity index (χ2n) is 4.18. The number of allylic oxidation sites excluding steroid dienone is 3. The van der Waals surface area contributed by atoms with Crippen molar-refractivity contribution in [2.45, 2.75) is 6.92 Å². The first-order chi connectivity index (χ1) is 8.65. The van der Waals surface area contributed by atoms with Crippen molar-refractivity contribution >= 4 is 21.6 Å². The van der Waals surface area contributed by atoms with Crippen LogP contribution in [-0.2, 0) is 0 Å². The summed E-state index contributed by atoms with van der Waals surface area (Å²) in [5, 5.41) is 0. The van der Waals surface area contributed by atoms with Gasteiger partial charge in [0.1, 0.15) is 6.67 Å². The van der Waals surface area contributed by atoms with Crippen LogP contribution in [0.2, 0.25) is 0 Å². The molecule has 0 fully saturated rings. The molecule has 0 radical (unpaired) electrons. The maximum Gasteiger partial charge on any atom is 0.107 e. The summed E-state index contributed by atoms with van der Waals surface area (Å²) < 4.78 is 13.7. The van der Waals surface area contributed by atoms with Gasteiger partial charge < -0.3 is 4.90 Å². The predicted octanol–water partition coefficient (Wildman–Crippen LogP) is 4.50. The van der Waals surface area contributed by atoms with E-state index >= 15 is 0 Å². The molecule has 1 aromatic rings. The number of halogens is 2. The van der Waals surface area contributed by atoms with Gasteiger partial charge in [0.25, 0.3) is 0 Å². The van der Waals surface area contributed by atoms with E-state index in [0.29, 0.717) is 6.54 Å². The first-order valence-corrected chi connectivity index (χ1v) is 6.60. The van der Waals surface area contributed by atoms with Crippen LogP contribution in [-0.4, -0.2) is 18.1 Å². The van der Waals surface area contributed by atoms with Crippen molar-refractivity contribution in [3.05, 3.63) is 64.3 Å². The van der Waals surface area contributed by atoms with Gasteiger partial charge in [-0.15, -0.1) is 0 Å². The fraction of sp³-hybridized carbons (Fsp3) is 0.200. The minimum Gasteiger partial charge on any atom is -0.338 e. The average molecular weight is 308 g/mol. The Kier molecular flexibility index (Phi) is 4.02. The van der Waals surface area contributed by atoms with Crippen LogP contribution in [0.3, 0.4) is 0 Å². The quantitative estimate of drug-likeness (QED) is 0.795. The maximum atomic E-state index is 12.8. The highest BCUT2D eigenvalue weighted by molar-refractivity contribution is 9.12. The molecule has 1 nitrogen and oxygen atoms in total. The zero-order chi connectivity index (χ0) is 13.1. The van der Waals surface area contributed by atoms with Crippen LogP contribution >= 0.6 is 15.9 Å². The largest absolute Gasteiger partial charge is 0.338 e. The number of hydrogen-bond acceptors (Lipinski definition) is 1. The van der Waals surface area contributed by atoms with Crippen LogP contribution in [0.5, 0.6) is 0 Å². The molecule has 0 unspecified atom stereocenters. The Labute approximate surface area is 115 Å². The van der Waals surface area contributed by atoms with Crippen molar-refractivity contribution < 1.29 is 4.39 Å². The summed E-state index contributed by atoms with van der Waals surface area (Å²) >= 11 is 3.47. The summed E-state index contributed by atoms with van der Waals surface area (Å²) in [6.07, 6.45) is 2.03. The van der Waals surface area contributed by atoms with Gasteiger partial charge in [-0.2, -0.15) is 0 Å². The van der Waals surface area contributed by atoms with Gasteiger partial charge in [0.15, 0.2) is 0 Å². The Bertz CT molecular complexity index is 517. The van der Waals surface area contributed by atoms with Crippen molar-refractivity contribution in [1.29, 1.82) is 0 Å². The van der Waals surface area contributed by atoms with Gasteiger partial charge in [-0.1, -0.05) is 36.9 Å². The smallest absolute Gasteiger partial charge is 0.107 e.